The Morgan fingerprint density at radius 2 is 2.00 bits per heavy atom. The van der Waals surface area contributed by atoms with Crippen LogP contribution in [0.4, 0.5) is 0 Å². The molecule has 1 fully saturated rings. The molecule has 0 unspecified atom stereocenters. The molecule has 0 spiro atoms. The first kappa shape index (κ1) is 21.8. The van der Waals surface area contributed by atoms with Gasteiger partial charge in [-0.2, -0.15) is 4.31 Å². The molecule has 0 saturated carbocycles. The van der Waals surface area contributed by atoms with E-state index in [4.69, 9.17) is 4.74 Å². The number of carbonyl (C=O) groups excluding carboxylic acids is 1. The van der Waals surface area contributed by atoms with Gasteiger partial charge >= 0.3 is 0 Å². The van der Waals surface area contributed by atoms with Crippen molar-refractivity contribution in [1.82, 2.24) is 9.62 Å². The van der Waals surface area contributed by atoms with Gasteiger partial charge in [-0.1, -0.05) is 11.6 Å². The minimum absolute atomic E-state index is 0.0343. The largest absolute Gasteiger partial charge is 0.494 e. The van der Waals surface area contributed by atoms with E-state index in [1.165, 1.54) is 22.7 Å². The van der Waals surface area contributed by atoms with Crippen LogP contribution in [-0.2, 0) is 14.8 Å². The molecule has 1 amide bonds. The number of rotatable bonds is 8. The predicted molar refractivity (Wildman–Crippen MR) is 113 cm³/mol. The third-order valence-corrected chi connectivity index (χ3v) is 7.54. The van der Waals surface area contributed by atoms with Gasteiger partial charge in [0.1, 0.15) is 5.75 Å². The molecule has 1 N–H and O–H groups in total. The van der Waals surface area contributed by atoms with Crippen LogP contribution in [0, 0.1) is 5.92 Å². The number of nitrogens with zero attached hydrogens (tertiary/aromatic N) is 1. The summed E-state index contributed by atoms with van der Waals surface area (Å²) in [6, 6.07) is 6.48. The Morgan fingerprint density at radius 3 is 2.69 bits per heavy atom. The van der Waals surface area contributed by atoms with Crippen LogP contribution in [0.3, 0.4) is 0 Å². The van der Waals surface area contributed by atoms with Crippen LogP contribution >= 0.6 is 0 Å². The second-order valence-corrected chi connectivity index (χ2v) is 9.69. The van der Waals surface area contributed by atoms with Crippen LogP contribution < -0.4 is 10.1 Å². The summed E-state index contributed by atoms with van der Waals surface area (Å²) in [5.41, 5.74) is 1.43. The van der Waals surface area contributed by atoms with Crippen molar-refractivity contribution in [1.29, 1.82) is 0 Å². The van der Waals surface area contributed by atoms with Gasteiger partial charge < -0.3 is 10.1 Å². The number of carbonyl (C=O) groups is 1. The van der Waals surface area contributed by atoms with E-state index in [9.17, 15) is 13.2 Å². The Hall–Kier alpha value is -1.86. The van der Waals surface area contributed by atoms with Crippen LogP contribution in [0.15, 0.2) is 40.8 Å². The molecule has 0 aromatic heterocycles. The molecule has 29 heavy (non-hydrogen) atoms. The van der Waals surface area contributed by atoms with E-state index >= 15 is 0 Å². The fourth-order valence-electron chi connectivity index (χ4n) is 4.02. The van der Waals surface area contributed by atoms with E-state index in [0.717, 1.165) is 25.7 Å². The molecule has 0 bridgehead atoms. The maximum Gasteiger partial charge on any atom is 0.243 e. The second kappa shape index (κ2) is 10.3. The number of nitrogens with one attached hydrogen (secondary N) is 1. The van der Waals surface area contributed by atoms with E-state index in [1.807, 2.05) is 6.92 Å². The van der Waals surface area contributed by atoms with Gasteiger partial charge in [0.2, 0.25) is 15.9 Å². The zero-order chi connectivity index (χ0) is 20.7. The number of amides is 1. The summed E-state index contributed by atoms with van der Waals surface area (Å²) >= 11 is 0. The Morgan fingerprint density at radius 1 is 1.21 bits per heavy atom. The van der Waals surface area contributed by atoms with Crippen molar-refractivity contribution in [2.75, 3.05) is 26.2 Å². The van der Waals surface area contributed by atoms with Crippen molar-refractivity contribution in [3.63, 3.8) is 0 Å². The Bertz CT molecular complexity index is 818. The van der Waals surface area contributed by atoms with E-state index in [2.05, 4.69) is 11.4 Å². The van der Waals surface area contributed by atoms with Gasteiger partial charge in [0, 0.05) is 19.6 Å². The molecule has 1 aliphatic carbocycles. The highest BCUT2D eigenvalue weighted by Crippen LogP contribution is 2.25. The zero-order valence-electron chi connectivity index (χ0n) is 17.2. The van der Waals surface area contributed by atoms with E-state index in [1.54, 1.807) is 24.3 Å². The van der Waals surface area contributed by atoms with Crippen molar-refractivity contribution >= 4 is 15.9 Å². The summed E-state index contributed by atoms with van der Waals surface area (Å²) in [5.74, 6) is 0.324. The number of sulfonamides is 1. The van der Waals surface area contributed by atoms with Crippen LogP contribution in [0.5, 0.6) is 5.75 Å². The van der Waals surface area contributed by atoms with Crippen molar-refractivity contribution < 1.29 is 17.9 Å². The SMILES string of the molecule is CCOc1ccc(S(=O)(=O)N2CCC[C@H](C(=O)NCCC3=CCCCC3)C2)cc1. The summed E-state index contributed by atoms with van der Waals surface area (Å²) in [5, 5.41) is 3.02. The Labute approximate surface area is 174 Å². The highest BCUT2D eigenvalue weighted by atomic mass is 32.2. The van der Waals surface area contributed by atoms with Gasteiger partial charge in [0.05, 0.1) is 17.4 Å². The third kappa shape index (κ3) is 5.82. The minimum atomic E-state index is -3.61. The van der Waals surface area contributed by atoms with Gasteiger partial charge in [0.15, 0.2) is 0 Å². The minimum Gasteiger partial charge on any atom is -0.494 e. The fraction of sp³-hybridized carbons (Fsp3) is 0.591. The summed E-state index contributed by atoms with van der Waals surface area (Å²) in [6.07, 6.45) is 9.38. The lowest BCUT2D eigenvalue weighted by Crippen LogP contribution is -2.45. The highest BCUT2D eigenvalue weighted by molar-refractivity contribution is 7.89. The molecule has 1 aromatic rings. The van der Waals surface area contributed by atoms with Crippen LogP contribution in [0.1, 0.15) is 51.9 Å². The third-order valence-electron chi connectivity index (χ3n) is 5.66. The van der Waals surface area contributed by atoms with Gasteiger partial charge in [-0.25, -0.2) is 8.42 Å². The number of hydrogen-bond donors (Lipinski definition) is 1. The van der Waals surface area contributed by atoms with Gasteiger partial charge in [-0.15, -0.1) is 0 Å². The Kier molecular flexibility index (Phi) is 7.72. The van der Waals surface area contributed by atoms with Gasteiger partial charge in [-0.3, -0.25) is 4.79 Å². The molecule has 1 aliphatic heterocycles. The zero-order valence-corrected chi connectivity index (χ0v) is 18.0. The number of hydrogen-bond acceptors (Lipinski definition) is 4. The molecule has 3 rings (SSSR count). The van der Waals surface area contributed by atoms with Gasteiger partial charge in [0.25, 0.3) is 0 Å². The molecule has 1 saturated heterocycles. The summed E-state index contributed by atoms with van der Waals surface area (Å²) in [7, 11) is -3.61. The summed E-state index contributed by atoms with van der Waals surface area (Å²) < 4.78 is 32.8. The van der Waals surface area contributed by atoms with Crippen molar-refractivity contribution in [2.45, 2.75) is 56.8 Å². The molecule has 1 aromatic carbocycles. The first-order valence-corrected chi connectivity index (χ1v) is 12.1. The number of benzene rings is 1. The predicted octanol–water partition coefficient (Wildman–Crippen LogP) is 3.49. The topological polar surface area (TPSA) is 75.7 Å². The number of ether oxygens (including phenoxy) is 1. The molecular formula is C22H32N2O4S. The number of piperidine rings is 1. The lowest BCUT2D eigenvalue weighted by molar-refractivity contribution is -0.126. The van der Waals surface area contributed by atoms with E-state index < -0.39 is 10.0 Å². The molecule has 7 heteroatoms. The second-order valence-electron chi connectivity index (χ2n) is 7.76. The average molecular weight is 421 g/mol. The normalized spacial score (nSPS) is 20.7. The lowest BCUT2D eigenvalue weighted by Gasteiger charge is -2.31. The van der Waals surface area contributed by atoms with Crippen LogP contribution in [0.2, 0.25) is 0 Å². The van der Waals surface area contributed by atoms with Crippen LogP contribution in [0.25, 0.3) is 0 Å². The standard InChI is InChI=1S/C22H32N2O4S/c1-2-28-20-10-12-21(13-11-20)29(26,27)24-16-6-9-19(17-24)22(25)23-15-14-18-7-4-3-5-8-18/h7,10-13,19H,2-6,8-9,14-17H2,1H3,(H,23,25)/t19-/m0/s1. The van der Waals surface area contributed by atoms with E-state index in [0.29, 0.717) is 31.9 Å². The molecular weight excluding hydrogens is 388 g/mol. The maximum absolute atomic E-state index is 13.0. The van der Waals surface area contributed by atoms with Crippen molar-refractivity contribution in [3.8, 4) is 5.75 Å². The fourth-order valence-corrected chi connectivity index (χ4v) is 5.54. The monoisotopic (exact) mass is 420 g/mol. The van der Waals surface area contributed by atoms with Gasteiger partial charge in [-0.05, 0) is 76.1 Å². The van der Waals surface area contributed by atoms with Crippen molar-refractivity contribution in [2.24, 2.45) is 5.92 Å². The highest BCUT2D eigenvalue weighted by Gasteiger charge is 2.33. The average Bonchev–Trinajstić information content (AvgIpc) is 2.75. The van der Waals surface area contributed by atoms with E-state index in [-0.39, 0.29) is 23.3 Å². The smallest absolute Gasteiger partial charge is 0.243 e. The first-order valence-electron chi connectivity index (χ1n) is 10.7. The maximum atomic E-state index is 13.0. The molecule has 1 atom stereocenters. The number of allylic oxidation sites excluding steroid dienone is 1. The molecule has 2 aliphatic rings. The first-order chi connectivity index (χ1) is 14.0. The lowest BCUT2D eigenvalue weighted by atomic mass is 9.96. The quantitative estimate of drug-likeness (QED) is 0.653. The molecule has 1 heterocycles. The summed E-state index contributed by atoms with van der Waals surface area (Å²) in [6.45, 7) is 3.74. The molecule has 0 radical (unpaired) electrons. The molecule has 6 nitrogen and oxygen atoms in total. The summed E-state index contributed by atoms with van der Waals surface area (Å²) in [4.78, 5) is 12.8. The Balaban J connectivity index is 1.55. The molecule has 160 valence electrons. The van der Waals surface area contributed by atoms with Crippen molar-refractivity contribution in [3.05, 3.63) is 35.9 Å². The van der Waals surface area contributed by atoms with Crippen LogP contribution in [-0.4, -0.2) is 44.9 Å².